The van der Waals surface area contributed by atoms with Crippen molar-refractivity contribution in [3.8, 4) is 0 Å². The lowest BCUT2D eigenvalue weighted by molar-refractivity contribution is -0.145. The third kappa shape index (κ3) is 6.36. The number of ether oxygens (including phenoxy) is 2. The quantitative estimate of drug-likeness (QED) is 0.476. The van der Waals surface area contributed by atoms with Gasteiger partial charge < -0.3 is 9.47 Å². The van der Waals surface area contributed by atoms with Crippen molar-refractivity contribution in [1.82, 2.24) is 0 Å². The van der Waals surface area contributed by atoms with Gasteiger partial charge in [0.05, 0.1) is 18.6 Å². The van der Waals surface area contributed by atoms with E-state index in [9.17, 15) is 9.59 Å². The van der Waals surface area contributed by atoms with Crippen molar-refractivity contribution in [1.29, 1.82) is 0 Å². The number of carbonyl (C=O) groups excluding carboxylic acids is 2. The van der Waals surface area contributed by atoms with Crippen LogP contribution in [0.25, 0.3) is 0 Å². The first-order chi connectivity index (χ1) is 12.6. The van der Waals surface area contributed by atoms with E-state index in [-0.39, 0.29) is 24.5 Å². The van der Waals surface area contributed by atoms with Crippen LogP contribution >= 0.6 is 0 Å². The average Bonchev–Trinajstić information content (AvgIpc) is 2.67. The fourth-order valence-electron chi connectivity index (χ4n) is 2.51. The van der Waals surface area contributed by atoms with Gasteiger partial charge in [0, 0.05) is 0 Å². The van der Waals surface area contributed by atoms with Crippen molar-refractivity contribution < 1.29 is 19.1 Å². The van der Waals surface area contributed by atoms with E-state index in [1.165, 1.54) is 0 Å². The molecule has 26 heavy (non-hydrogen) atoms. The summed E-state index contributed by atoms with van der Waals surface area (Å²) >= 11 is 0. The summed E-state index contributed by atoms with van der Waals surface area (Å²) in [5.74, 6) is -0.521. The Bertz CT molecular complexity index is 692. The second-order valence-electron chi connectivity index (χ2n) is 6.36. The fourth-order valence-corrected chi connectivity index (χ4v) is 2.51. The predicted molar refractivity (Wildman–Crippen MR) is 101 cm³/mol. The molecular weight excluding hydrogens is 328 g/mol. The van der Waals surface area contributed by atoms with Crippen LogP contribution in [0.5, 0.6) is 0 Å². The molecule has 0 fully saturated rings. The van der Waals surface area contributed by atoms with Crippen molar-refractivity contribution in [3.05, 3.63) is 71.3 Å². The number of benzene rings is 2. The Hall–Kier alpha value is -2.62. The summed E-state index contributed by atoms with van der Waals surface area (Å²) in [6.07, 6.45) is 2.16. The molecule has 0 saturated heterocycles. The zero-order chi connectivity index (χ0) is 18.8. The highest BCUT2D eigenvalue weighted by molar-refractivity contribution is 5.89. The molecule has 0 bridgehead atoms. The number of hydrogen-bond donors (Lipinski definition) is 0. The fraction of sp³-hybridized carbons (Fsp3) is 0.364. The molecule has 0 unspecified atom stereocenters. The molecule has 0 aliphatic heterocycles. The molecule has 0 aromatic heterocycles. The molecule has 4 nitrogen and oxygen atoms in total. The van der Waals surface area contributed by atoms with Crippen LogP contribution in [0.4, 0.5) is 0 Å². The maximum atomic E-state index is 12.0. The highest BCUT2D eigenvalue weighted by Gasteiger charge is 2.14. The summed E-state index contributed by atoms with van der Waals surface area (Å²) in [6.45, 7) is 4.75. The van der Waals surface area contributed by atoms with Crippen LogP contribution in [0, 0.1) is 0 Å². The van der Waals surface area contributed by atoms with E-state index >= 15 is 0 Å². The van der Waals surface area contributed by atoms with Crippen LogP contribution in [0.15, 0.2) is 54.6 Å². The van der Waals surface area contributed by atoms with Crippen molar-refractivity contribution in [2.75, 3.05) is 6.61 Å². The summed E-state index contributed by atoms with van der Waals surface area (Å²) in [6, 6.07) is 16.8. The maximum absolute atomic E-state index is 12.0. The summed E-state index contributed by atoms with van der Waals surface area (Å²) in [5, 5.41) is 0. The molecule has 0 heterocycles. The van der Waals surface area contributed by atoms with Gasteiger partial charge in [-0.1, -0.05) is 62.7 Å². The first-order valence-electron chi connectivity index (χ1n) is 9.06. The second-order valence-corrected chi connectivity index (χ2v) is 6.36. The molecule has 0 spiro atoms. The smallest absolute Gasteiger partial charge is 0.338 e. The van der Waals surface area contributed by atoms with Crippen molar-refractivity contribution in [3.63, 3.8) is 0 Å². The third-order valence-electron chi connectivity index (χ3n) is 4.16. The molecular formula is C22H26O4. The topological polar surface area (TPSA) is 52.6 Å². The normalized spacial score (nSPS) is 11.6. The molecule has 4 heteroatoms. The average molecular weight is 354 g/mol. The van der Waals surface area contributed by atoms with E-state index in [2.05, 4.69) is 6.92 Å². The summed E-state index contributed by atoms with van der Waals surface area (Å²) < 4.78 is 10.5. The van der Waals surface area contributed by atoms with Gasteiger partial charge >= 0.3 is 11.9 Å². The van der Waals surface area contributed by atoms with Gasteiger partial charge in [0.15, 0.2) is 0 Å². The Morgan fingerprint density at radius 2 is 1.65 bits per heavy atom. The van der Waals surface area contributed by atoms with Crippen molar-refractivity contribution >= 4 is 11.9 Å². The Labute approximate surface area is 155 Å². The first kappa shape index (κ1) is 19.7. The summed E-state index contributed by atoms with van der Waals surface area (Å²) in [7, 11) is 0. The molecule has 0 radical (unpaired) electrons. The van der Waals surface area contributed by atoms with Crippen LogP contribution in [0.1, 0.15) is 60.5 Å². The van der Waals surface area contributed by atoms with E-state index in [0.29, 0.717) is 18.6 Å². The zero-order valence-electron chi connectivity index (χ0n) is 15.4. The van der Waals surface area contributed by atoms with E-state index in [0.717, 1.165) is 24.0 Å². The lowest BCUT2D eigenvalue weighted by atomic mass is 9.97. The van der Waals surface area contributed by atoms with Crippen LogP contribution < -0.4 is 0 Å². The molecule has 1 atom stereocenters. The predicted octanol–water partition coefficient (Wildman–Crippen LogP) is 4.88. The molecule has 138 valence electrons. The van der Waals surface area contributed by atoms with Crippen LogP contribution in [0.2, 0.25) is 0 Å². The van der Waals surface area contributed by atoms with E-state index in [1.54, 1.807) is 12.1 Å². The molecule has 2 aromatic rings. The second kappa shape index (κ2) is 10.4. The van der Waals surface area contributed by atoms with Gasteiger partial charge in [0.2, 0.25) is 0 Å². The lowest BCUT2D eigenvalue weighted by Gasteiger charge is -2.12. The highest BCUT2D eigenvalue weighted by Crippen LogP contribution is 2.20. The largest absolute Gasteiger partial charge is 0.462 e. The number of carbonyl (C=O) groups is 2. The monoisotopic (exact) mass is 354 g/mol. The Kier molecular flexibility index (Phi) is 7.87. The van der Waals surface area contributed by atoms with Crippen LogP contribution in [0.3, 0.4) is 0 Å². The van der Waals surface area contributed by atoms with Gasteiger partial charge in [-0.3, -0.25) is 4.79 Å². The summed E-state index contributed by atoms with van der Waals surface area (Å²) in [4.78, 5) is 23.9. The minimum Gasteiger partial charge on any atom is -0.462 e. The van der Waals surface area contributed by atoms with Gasteiger partial charge in [0.1, 0.15) is 6.61 Å². The molecule has 0 amide bonds. The third-order valence-corrected chi connectivity index (χ3v) is 4.16. The van der Waals surface area contributed by atoms with Gasteiger partial charge in [-0.25, -0.2) is 4.79 Å². The van der Waals surface area contributed by atoms with Crippen molar-refractivity contribution in [2.24, 2.45) is 0 Å². The Morgan fingerprint density at radius 3 is 2.31 bits per heavy atom. The number of rotatable bonds is 9. The van der Waals surface area contributed by atoms with Gasteiger partial charge in [-0.2, -0.15) is 0 Å². The number of hydrogen-bond acceptors (Lipinski definition) is 4. The number of esters is 2. The number of unbranched alkanes of at least 4 members (excludes halogenated alkanes) is 1. The molecule has 0 aliphatic carbocycles. The maximum Gasteiger partial charge on any atom is 0.338 e. The Balaban J connectivity index is 1.82. The zero-order valence-corrected chi connectivity index (χ0v) is 15.4. The standard InChI is InChI=1S/C22H26O4/c1-3-4-14-25-22(24)20-12-10-19(11-13-20)17(2)15-21(23)26-16-18-8-6-5-7-9-18/h5-13,17H,3-4,14-16H2,1-2H3/t17-/m1/s1. The van der Waals surface area contributed by atoms with Gasteiger partial charge in [-0.15, -0.1) is 0 Å². The molecule has 0 N–H and O–H groups in total. The minimum atomic E-state index is -0.306. The molecule has 0 saturated carbocycles. The van der Waals surface area contributed by atoms with Crippen LogP contribution in [-0.2, 0) is 20.9 Å². The van der Waals surface area contributed by atoms with E-state index < -0.39 is 0 Å². The van der Waals surface area contributed by atoms with Gasteiger partial charge in [0.25, 0.3) is 0 Å². The van der Waals surface area contributed by atoms with Gasteiger partial charge in [-0.05, 0) is 35.6 Å². The minimum absolute atomic E-state index is 0.0171. The highest BCUT2D eigenvalue weighted by atomic mass is 16.5. The van der Waals surface area contributed by atoms with E-state index in [4.69, 9.17) is 9.47 Å². The lowest BCUT2D eigenvalue weighted by Crippen LogP contribution is -2.09. The molecule has 2 aromatic carbocycles. The molecule has 0 aliphatic rings. The SMILES string of the molecule is CCCCOC(=O)c1ccc([C@H](C)CC(=O)OCc2ccccc2)cc1. The molecule has 2 rings (SSSR count). The van der Waals surface area contributed by atoms with E-state index in [1.807, 2.05) is 49.4 Å². The summed E-state index contributed by atoms with van der Waals surface area (Å²) in [5.41, 5.74) is 2.50. The van der Waals surface area contributed by atoms with Crippen LogP contribution in [-0.4, -0.2) is 18.5 Å². The van der Waals surface area contributed by atoms with Crippen molar-refractivity contribution in [2.45, 2.75) is 45.6 Å². The first-order valence-corrected chi connectivity index (χ1v) is 9.06. The Morgan fingerprint density at radius 1 is 0.962 bits per heavy atom.